The van der Waals surface area contributed by atoms with Gasteiger partial charge in [-0.25, -0.2) is 8.78 Å². The molecule has 0 bridgehead atoms. The number of aromatic nitrogens is 1. The van der Waals surface area contributed by atoms with Gasteiger partial charge in [0.25, 0.3) is 11.7 Å². The first-order chi connectivity index (χ1) is 6.57. The highest BCUT2D eigenvalue weighted by atomic mass is 79.9. The molecule has 0 unspecified atom stereocenters. The summed E-state index contributed by atoms with van der Waals surface area (Å²) in [5.41, 5.74) is -0.318. The van der Waals surface area contributed by atoms with Crippen LogP contribution in [-0.4, -0.2) is 10.2 Å². The van der Waals surface area contributed by atoms with Gasteiger partial charge < -0.3 is 0 Å². The minimum Gasteiger partial charge on any atom is -0.276 e. The Morgan fingerprint density at radius 3 is 2.64 bits per heavy atom. The van der Waals surface area contributed by atoms with E-state index in [2.05, 4.69) is 20.9 Å². The van der Waals surface area contributed by atoms with E-state index in [1.165, 1.54) is 6.20 Å². The van der Waals surface area contributed by atoms with Crippen LogP contribution in [-0.2, 0) is 5.33 Å². The number of pyridine rings is 1. The number of hydrogen-bond acceptors (Lipinski definition) is 2. The fraction of sp³-hybridized carbons (Fsp3) is 0.250. The van der Waals surface area contributed by atoms with Crippen LogP contribution in [0.25, 0.3) is 0 Å². The molecular formula is C8H5BrClF2NO. The number of halogens is 4. The molecule has 0 atom stereocenters. The van der Waals surface area contributed by atoms with Crippen LogP contribution in [0.15, 0.2) is 12.4 Å². The Morgan fingerprint density at radius 1 is 1.57 bits per heavy atom. The molecule has 1 aromatic heterocycles. The number of hydrogen-bond donors (Lipinski definition) is 0. The minimum atomic E-state index is -2.73. The quantitative estimate of drug-likeness (QED) is 0.630. The molecule has 0 amide bonds. The van der Waals surface area contributed by atoms with Crippen molar-refractivity contribution in [2.45, 2.75) is 11.8 Å². The molecule has 1 heterocycles. The van der Waals surface area contributed by atoms with Gasteiger partial charge in [0.1, 0.15) is 0 Å². The topological polar surface area (TPSA) is 30.0 Å². The lowest BCUT2D eigenvalue weighted by Gasteiger charge is -2.08. The summed E-state index contributed by atoms with van der Waals surface area (Å²) >= 11 is 8.19. The molecule has 0 fully saturated rings. The lowest BCUT2D eigenvalue weighted by atomic mass is 10.1. The molecule has 0 N–H and O–H groups in total. The van der Waals surface area contributed by atoms with E-state index in [-0.39, 0.29) is 22.0 Å². The minimum absolute atomic E-state index is 0.206. The lowest BCUT2D eigenvalue weighted by Crippen LogP contribution is -2.03. The Bertz CT molecular complexity index is 359. The lowest BCUT2D eigenvalue weighted by molar-refractivity contribution is 0.106. The second-order valence-electron chi connectivity index (χ2n) is 2.47. The molecule has 76 valence electrons. The smallest absolute Gasteiger partial charge is 0.265 e. The zero-order chi connectivity index (χ0) is 10.7. The fourth-order valence-corrected chi connectivity index (χ4v) is 1.63. The molecule has 6 heteroatoms. The third-order valence-electron chi connectivity index (χ3n) is 1.64. The molecule has 0 aliphatic heterocycles. The van der Waals surface area contributed by atoms with Crippen molar-refractivity contribution in [1.29, 1.82) is 0 Å². The van der Waals surface area contributed by atoms with E-state index in [4.69, 9.17) is 11.6 Å². The molecule has 0 aliphatic rings. The zero-order valence-corrected chi connectivity index (χ0v) is 9.15. The largest absolute Gasteiger partial charge is 0.276 e. The molecule has 0 aromatic carbocycles. The van der Waals surface area contributed by atoms with Gasteiger partial charge in [-0.1, -0.05) is 15.9 Å². The van der Waals surface area contributed by atoms with E-state index in [1.54, 1.807) is 0 Å². The second-order valence-corrected chi connectivity index (χ2v) is 3.37. The average molecular weight is 284 g/mol. The summed E-state index contributed by atoms with van der Waals surface area (Å²) in [4.78, 5) is 14.5. The van der Waals surface area contributed by atoms with Crippen molar-refractivity contribution in [3.8, 4) is 0 Å². The summed E-state index contributed by atoms with van der Waals surface area (Å²) < 4.78 is 25.2. The molecule has 0 saturated heterocycles. The van der Waals surface area contributed by atoms with E-state index in [0.717, 1.165) is 6.20 Å². The standard InChI is InChI=1S/C8H5BrClF2NO/c9-1-4-2-13-3-5(7(10)14)6(4)8(11)12/h2-3,8H,1H2. The van der Waals surface area contributed by atoms with Crippen LogP contribution in [0.5, 0.6) is 0 Å². The Kier molecular flexibility index (Phi) is 3.95. The van der Waals surface area contributed by atoms with Crippen molar-refractivity contribution in [3.05, 3.63) is 29.1 Å². The van der Waals surface area contributed by atoms with E-state index >= 15 is 0 Å². The Hall–Kier alpha value is -0.550. The molecule has 0 radical (unpaired) electrons. The first-order valence-corrected chi connectivity index (χ1v) is 5.08. The van der Waals surface area contributed by atoms with Crippen molar-refractivity contribution >= 4 is 32.8 Å². The maximum absolute atomic E-state index is 12.6. The normalized spacial score (nSPS) is 10.6. The molecule has 2 nitrogen and oxygen atoms in total. The summed E-state index contributed by atoms with van der Waals surface area (Å²) in [6.45, 7) is 0. The first kappa shape index (κ1) is 11.5. The second kappa shape index (κ2) is 4.79. The number of alkyl halides is 3. The Morgan fingerprint density at radius 2 is 2.21 bits per heavy atom. The highest BCUT2D eigenvalue weighted by molar-refractivity contribution is 9.08. The van der Waals surface area contributed by atoms with Crippen LogP contribution in [0.2, 0.25) is 0 Å². The number of nitrogens with zero attached hydrogens (tertiary/aromatic N) is 1. The van der Waals surface area contributed by atoms with Crippen LogP contribution >= 0.6 is 27.5 Å². The van der Waals surface area contributed by atoms with Crippen LogP contribution in [0, 0.1) is 0 Å². The SMILES string of the molecule is O=C(Cl)c1cncc(CBr)c1C(F)F. The third kappa shape index (κ3) is 2.27. The fourth-order valence-electron chi connectivity index (χ4n) is 1.03. The molecule has 0 spiro atoms. The molecule has 14 heavy (non-hydrogen) atoms. The van der Waals surface area contributed by atoms with E-state index in [0.29, 0.717) is 0 Å². The summed E-state index contributed by atoms with van der Waals surface area (Å²) in [6, 6.07) is 0. The number of carbonyl (C=O) groups excluding carboxylic acids is 1. The van der Waals surface area contributed by atoms with E-state index in [9.17, 15) is 13.6 Å². The predicted molar refractivity (Wildman–Crippen MR) is 52.0 cm³/mol. The average Bonchev–Trinajstić information content (AvgIpc) is 2.16. The molecule has 0 saturated carbocycles. The van der Waals surface area contributed by atoms with Gasteiger partial charge in [-0.2, -0.15) is 0 Å². The maximum atomic E-state index is 12.6. The molecule has 0 aliphatic carbocycles. The maximum Gasteiger partial charge on any atom is 0.265 e. The van der Waals surface area contributed by atoms with Crippen LogP contribution in [0.4, 0.5) is 8.78 Å². The number of rotatable bonds is 3. The zero-order valence-electron chi connectivity index (χ0n) is 6.81. The van der Waals surface area contributed by atoms with Crippen molar-refractivity contribution in [3.63, 3.8) is 0 Å². The van der Waals surface area contributed by atoms with Crippen molar-refractivity contribution in [1.82, 2.24) is 4.98 Å². The summed E-state index contributed by atoms with van der Waals surface area (Å²) in [5.74, 6) is 0. The van der Waals surface area contributed by atoms with Gasteiger partial charge in [0, 0.05) is 23.3 Å². The predicted octanol–water partition coefficient (Wildman–Crippen LogP) is 3.29. The van der Waals surface area contributed by atoms with Crippen molar-refractivity contribution < 1.29 is 13.6 Å². The third-order valence-corrected chi connectivity index (χ3v) is 2.45. The van der Waals surface area contributed by atoms with Gasteiger partial charge in [0.15, 0.2) is 0 Å². The van der Waals surface area contributed by atoms with Gasteiger partial charge in [-0.3, -0.25) is 9.78 Å². The van der Waals surface area contributed by atoms with Gasteiger partial charge >= 0.3 is 0 Å². The molecular weight excluding hydrogens is 279 g/mol. The van der Waals surface area contributed by atoms with Crippen LogP contribution in [0.1, 0.15) is 27.9 Å². The molecule has 1 aromatic rings. The monoisotopic (exact) mass is 283 g/mol. The number of carbonyl (C=O) groups is 1. The van der Waals surface area contributed by atoms with Crippen LogP contribution < -0.4 is 0 Å². The summed E-state index contributed by atoms with van der Waals surface area (Å²) in [7, 11) is 0. The Balaban J connectivity index is 3.35. The van der Waals surface area contributed by atoms with E-state index in [1.807, 2.05) is 0 Å². The highest BCUT2D eigenvalue weighted by Crippen LogP contribution is 2.28. The van der Waals surface area contributed by atoms with Crippen molar-refractivity contribution in [2.24, 2.45) is 0 Å². The van der Waals surface area contributed by atoms with Crippen molar-refractivity contribution in [2.75, 3.05) is 0 Å². The first-order valence-electron chi connectivity index (χ1n) is 3.58. The van der Waals surface area contributed by atoms with Gasteiger partial charge in [-0.05, 0) is 17.2 Å². The van der Waals surface area contributed by atoms with Gasteiger partial charge in [0.2, 0.25) is 0 Å². The molecule has 1 rings (SSSR count). The summed E-state index contributed by atoms with van der Waals surface area (Å²) in [5, 5.41) is -0.715. The Labute approximate surface area is 92.4 Å². The summed E-state index contributed by atoms with van der Waals surface area (Å²) in [6.07, 6.45) is -0.411. The van der Waals surface area contributed by atoms with Gasteiger partial charge in [-0.15, -0.1) is 0 Å². The van der Waals surface area contributed by atoms with Gasteiger partial charge in [0.05, 0.1) is 5.56 Å². The van der Waals surface area contributed by atoms with E-state index < -0.39 is 11.7 Å². The van der Waals surface area contributed by atoms with Crippen LogP contribution in [0.3, 0.4) is 0 Å². The highest BCUT2D eigenvalue weighted by Gasteiger charge is 2.20.